The summed E-state index contributed by atoms with van der Waals surface area (Å²) >= 11 is 0. The molecule has 0 spiro atoms. The lowest BCUT2D eigenvalue weighted by Gasteiger charge is -2.24. The molecule has 0 amide bonds. The molecule has 0 aromatic heterocycles. The van der Waals surface area contributed by atoms with E-state index in [1.54, 1.807) is 0 Å². The summed E-state index contributed by atoms with van der Waals surface area (Å²) in [6.07, 6.45) is 6.97. The molecule has 1 atom stereocenters. The van der Waals surface area contributed by atoms with Gasteiger partial charge in [0.25, 0.3) is 0 Å². The van der Waals surface area contributed by atoms with E-state index in [-0.39, 0.29) is 6.04 Å². The lowest BCUT2D eigenvalue weighted by Crippen LogP contribution is -2.33. The van der Waals surface area contributed by atoms with Gasteiger partial charge in [0.15, 0.2) is 0 Å². The van der Waals surface area contributed by atoms with E-state index in [2.05, 4.69) is 13.0 Å². The van der Waals surface area contributed by atoms with Crippen molar-refractivity contribution in [2.24, 2.45) is 11.1 Å². The number of rotatable bonds is 2. The first kappa shape index (κ1) is 8.11. The summed E-state index contributed by atoms with van der Waals surface area (Å²) in [6, 6.07) is 0.151. The minimum absolute atomic E-state index is 0.151. The van der Waals surface area contributed by atoms with Gasteiger partial charge in [0.05, 0.1) is 12.6 Å². The first-order valence-corrected chi connectivity index (χ1v) is 4.81. The van der Waals surface area contributed by atoms with Crippen LogP contribution in [-0.2, 0) is 4.74 Å². The second-order valence-corrected chi connectivity index (χ2v) is 4.23. The molecule has 1 fully saturated rings. The third kappa shape index (κ3) is 1.36. The van der Waals surface area contributed by atoms with Crippen molar-refractivity contribution in [3.8, 4) is 0 Å². The van der Waals surface area contributed by atoms with Gasteiger partial charge in [0, 0.05) is 0 Å². The SMILES string of the molecule is CC1(C(N)C2=CCCCO2)CC1. The van der Waals surface area contributed by atoms with Crippen LogP contribution in [0.15, 0.2) is 11.8 Å². The van der Waals surface area contributed by atoms with E-state index >= 15 is 0 Å². The second-order valence-electron chi connectivity index (χ2n) is 4.23. The Morgan fingerprint density at radius 3 is 2.83 bits per heavy atom. The fourth-order valence-corrected chi connectivity index (χ4v) is 1.64. The Kier molecular flexibility index (Phi) is 1.87. The molecule has 1 aliphatic carbocycles. The lowest BCUT2D eigenvalue weighted by molar-refractivity contribution is 0.160. The molecule has 2 rings (SSSR count). The van der Waals surface area contributed by atoms with Gasteiger partial charge in [-0.2, -0.15) is 0 Å². The highest BCUT2D eigenvalue weighted by molar-refractivity contribution is 5.14. The van der Waals surface area contributed by atoms with E-state index in [0.717, 1.165) is 25.2 Å². The highest BCUT2D eigenvalue weighted by Gasteiger charge is 2.45. The third-order valence-corrected chi connectivity index (χ3v) is 3.06. The van der Waals surface area contributed by atoms with E-state index in [1.165, 1.54) is 12.8 Å². The summed E-state index contributed by atoms with van der Waals surface area (Å²) in [7, 11) is 0. The van der Waals surface area contributed by atoms with Crippen LogP contribution in [0.25, 0.3) is 0 Å². The van der Waals surface area contributed by atoms with Gasteiger partial charge in [-0.05, 0) is 37.2 Å². The van der Waals surface area contributed by atoms with Crippen LogP contribution in [0.4, 0.5) is 0 Å². The van der Waals surface area contributed by atoms with Crippen molar-refractivity contribution >= 4 is 0 Å². The summed E-state index contributed by atoms with van der Waals surface area (Å²) in [6.45, 7) is 3.10. The van der Waals surface area contributed by atoms with Gasteiger partial charge in [0.1, 0.15) is 5.76 Å². The van der Waals surface area contributed by atoms with Crippen LogP contribution >= 0.6 is 0 Å². The van der Waals surface area contributed by atoms with Crippen LogP contribution in [0.5, 0.6) is 0 Å². The molecule has 2 nitrogen and oxygen atoms in total. The molecule has 12 heavy (non-hydrogen) atoms. The minimum atomic E-state index is 0.151. The number of nitrogens with two attached hydrogens (primary N) is 1. The Bertz CT molecular complexity index is 206. The third-order valence-electron chi connectivity index (χ3n) is 3.06. The predicted octanol–water partition coefficient (Wildman–Crippen LogP) is 1.81. The first-order chi connectivity index (χ1) is 5.72. The zero-order valence-corrected chi connectivity index (χ0v) is 7.68. The standard InChI is InChI=1S/C10H17NO/c1-10(5-6-10)9(11)8-4-2-3-7-12-8/h4,9H,2-3,5-7,11H2,1H3. The number of hydrogen-bond donors (Lipinski definition) is 1. The maximum absolute atomic E-state index is 6.09. The van der Waals surface area contributed by atoms with E-state index in [4.69, 9.17) is 10.5 Å². The van der Waals surface area contributed by atoms with Gasteiger partial charge >= 0.3 is 0 Å². The Balaban J connectivity index is 2.02. The van der Waals surface area contributed by atoms with Gasteiger partial charge in [-0.1, -0.05) is 6.92 Å². The van der Waals surface area contributed by atoms with Crippen molar-refractivity contribution in [1.82, 2.24) is 0 Å². The summed E-state index contributed by atoms with van der Waals surface area (Å²) in [5.74, 6) is 1.04. The maximum Gasteiger partial charge on any atom is 0.109 e. The lowest BCUT2D eigenvalue weighted by atomic mass is 9.96. The Morgan fingerprint density at radius 1 is 1.58 bits per heavy atom. The molecular formula is C10H17NO. The van der Waals surface area contributed by atoms with Gasteiger partial charge in [-0.3, -0.25) is 0 Å². The predicted molar refractivity (Wildman–Crippen MR) is 48.6 cm³/mol. The van der Waals surface area contributed by atoms with Gasteiger partial charge in [-0.25, -0.2) is 0 Å². The summed E-state index contributed by atoms with van der Waals surface area (Å²) in [5.41, 5.74) is 6.45. The molecule has 1 aliphatic heterocycles. The van der Waals surface area contributed by atoms with Crippen LogP contribution in [0.3, 0.4) is 0 Å². The van der Waals surface area contributed by atoms with Crippen molar-refractivity contribution < 1.29 is 4.74 Å². The van der Waals surface area contributed by atoms with Crippen molar-refractivity contribution in [3.63, 3.8) is 0 Å². The van der Waals surface area contributed by atoms with Crippen molar-refractivity contribution in [2.45, 2.75) is 38.6 Å². The van der Waals surface area contributed by atoms with Crippen LogP contribution in [0.2, 0.25) is 0 Å². The van der Waals surface area contributed by atoms with Crippen molar-refractivity contribution in [2.75, 3.05) is 6.61 Å². The molecule has 0 aromatic carbocycles. The van der Waals surface area contributed by atoms with Gasteiger partial charge in [-0.15, -0.1) is 0 Å². The van der Waals surface area contributed by atoms with E-state index in [9.17, 15) is 0 Å². The average Bonchev–Trinajstić information content (AvgIpc) is 2.85. The fraction of sp³-hybridized carbons (Fsp3) is 0.800. The van der Waals surface area contributed by atoms with Crippen LogP contribution in [0, 0.1) is 5.41 Å². The molecule has 0 aromatic rings. The van der Waals surface area contributed by atoms with Crippen molar-refractivity contribution in [1.29, 1.82) is 0 Å². The largest absolute Gasteiger partial charge is 0.497 e. The van der Waals surface area contributed by atoms with E-state index in [1.807, 2.05) is 0 Å². The normalized spacial score (nSPS) is 28.7. The molecule has 68 valence electrons. The average molecular weight is 167 g/mol. The quantitative estimate of drug-likeness (QED) is 0.680. The Morgan fingerprint density at radius 2 is 2.33 bits per heavy atom. The molecule has 2 heteroatoms. The molecule has 2 N–H and O–H groups in total. The Hall–Kier alpha value is -0.500. The molecule has 0 radical (unpaired) electrons. The molecule has 0 bridgehead atoms. The van der Waals surface area contributed by atoms with Crippen molar-refractivity contribution in [3.05, 3.63) is 11.8 Å². The minimum Gasteiger partial charge on any atom is -0.497 e. The smallest absolute Gasteiger partial charge is 0.109 e. The highest BCUT2D eigenvalue weighted by Crippen LogP contribution is 2.49. The van der Waals surface area contributed by atoms with E-state index in [0.29, 0.717) is 5.41 Å². The monoisotopic (exact) mass is 167 g/mol. The zero-order valence-electron chi connectivity index (χ0n) is 7.68. The van der Waals surface area contributed by atoms with Crippen LogP contribution in [-0.4, -0.2) is 12.6 Å². The first-order valence-electron chi connectivity index (χ1n) is 4.81. The molecule has 1 unspecified atom stereocenters. The number of ether oxygens (including phenoxy) is 1. The summed E-state index contributed by atoms with van der Waals surface area (Å²) in [4.78, 5) is 0. The van der Waals surface area contributed by atoms with Crippen LogP contribution < -0.4 is 5.73 Å². The maximum atomic E-state index is 6.09. The second kappa shape index (κ2) is 2.77. The molecule has 1 heterocycles. The fourth-order valence-electron chi connectivity index (χ4n) is 1.64. The molecular weight excluding hydrogens is 150 g/mol. The molecule has 2 aliphatic rings. The summed E-state index contributed by atoms with van der Waals surface area (Å²) in [5, 5.41) is 0. The van der Waals surface area contributed by atoms with Crippen LogP contribution in [0.1, 0.15) is 32.6 Å². The number of allylic oxidation sites excluding steroid dienone is 1. The number of hydrogen-bond acceptors (Lipinski definition) is 2. The van der Waals surface area contributed by atoms with Gasteiger partial charge in [0.2, 0.25) is 0 Å². The highest BCUT2D eigenvalue weighted by atomic mass is 16.5. The topological polar surface area (TPSA) is 35.2 Å². The molecule has 1 saturated carbocycles. The Labute approximate surface area is 73.8 Å². The molecule has 0 saturated heterocycles. The van der Waals surface area contributed by atoms with Gasteiger partial charge < -0.3 is 10.5 Å². The summed E-state index contributed by atoms with van der Waals surface area (Å²) < 4.78 is 5.54. The van der Waals surface area contributed by atoms with E-state index < -0.39 is 0 Å². The zero-order chi connectivity index (χ0) is 8.60.